The lowest BCUT2D eigenvalue weighted by Crippen LogP contribution is -2.30. The van der Waals surface area contributed by atoms with Gasteiger partial charge < -0.3 is 5.11 Å². The molecule has 1 N–H and O–H groups in total. The smallest absolute Gasteiger partial charge is 0.301 e. The molecule has 29 heavy (non-hydrogen) atoms. The third-order valence-electron chi connectivity index (χ3n) is 4.83. The van der Waals surface area contributed by atoms with Crippen molar-refractivity contribution in [1.29, 1.82) is 0 Å². The highest BCUT2D eigenvalue weighted by Gasteiger charge is 2.47. The summed E-state index contributed by atoms with van der Waals surface area (Å²) in [5.74, 6) is -1.42. The van der Waals surface area contributed by atoms with Crippen molar-refractivity contribution in [2.45, 2.75) is 13.0 Å². The molecule has 0 spiro atoms. The number of aryl methyl sites for hydroxylation is 1. The Morgan fingerprint density at radius 3 is 2.45 bits per heavy atom. The van der Waals surface area contributed by atoms with Gasteiger partial charge in [0, 0.05) is 16.8 Å². The van der Waals surface area contributed by atoms with Crippen molar-refractivity contribution in [3.05, 3.63) is 100 Å². The van der Waals surface area contributed by atoms with Crippen molar-refractivity contribution in [3.8, 4) is 0 Å². The predicted molar refractivity (Wildman–Crippen MR) is 112 cm³/mol. The molecule has 0 aliphatic carbocycles. The van der Waals surface area contributed by atoms with Crippen LogP contribution in [-0.4, -0.2) is 21.8 Å². The van der Waals surface area contributed by atoms with Gasteiger partial charge in [-0.2, -0.15) is 0 Å². The average Bonchev–Trinajstić information content (AvgIpc) is 2.99. The Labute approximate surface area is 172 Å². The number of aliphatic hydroxyl groups is 1. The van der Waals surface area contributed by atoms with Crippen molar-refractivity contribution >= 4 is 34.9 Å². The molecule has 1 aromatic heterocycles. The molecule has 1 aliphatic heterocycles. The Balaban J connectivity index is 1.95. The Bertz CT molecular complexity index is 1120. The monoisotopic (exact) mass is 404 g/mol. The van der Waals surface area contributed by atoms with Crippen LogP contribution in [-0.2, 0) is 9.59 Å². The van der Waals surface area contributed by atoms with Gasteiger partial charge in [0.2, 0.25) is 0 Å². The number of nitrogens with zero attached hydrogens (tertiary/aromatic N) is 2. The molecule has 1 amide bonds. The Hall–Kier alpha value is -3.44. The number of Topliss-reactive ketones (excluding diaryl/α,β-unsaturated/α-hetero) is 1. The minimum absolute atomic E-state index is 0.00627. The Morgan fingerprint density at radius 2 is 1.79 bits per heavy atom. The average molecular weight is 405 g/mol. The molecular formula is C23H17ClN2O3. The third kappa shape index (κ3) is 3.41. The summed E-state index contributed by atoms with van der Waals surface area (Å²) in [5, 5.41) is 11.5. The molecule has 5 nitrogen and oxygen atoms in total. The predicted octanol–water partition coefficient (Wildman–Crippen LogP) is 4.67. The van der Waals surface area contributed by atoms with Crippen LogP contribution in [0, 0.1) is 6.92 Å². The number of carbonyl (C=O) groups excluding carboxylic acids is 2. The molecule has 2 heterocycles. The van der Waals surface area contributed by atoms with Crippen molar-refractivity contribution in [2.24, 2.45) is 0 Å². The molecule has 1 atom stereocenters. The van der Waals surface area contributed by atoms with Crippen LogP contribution in [0.1, 0.15) is 22.7 Å². The maximum atomic E-state index is 13.0. The van der Waals surface area contributed by atoms with Crippen LogP contribution in [0.5, 0.6) is 0 Å². The lowest BCUT2D eigenvalue weighted by molar-refractivity contribution is -0.132. The van der Waals surface area contributed by atoms with Gasteiger partial charge in [0.15, 0.2) is 0 Å². The fourth-order valence-corrected chi connectivity index (χ4v) is 3.62. The van der Waals surface area contributed by atoms with Gasteiger partial charge in [-0.25, -0.2) is 4.98 Å². The summed E-state index contributed by atoms with van der Waals surface area (Å²) in [6.07, 6.45) is 1.55. The minimum atomic E-state index is -0.843. The second-order valence-corrected chi connectivity index (χ2v) is 7.21. The Kier molecular flexibility index (Phi) is 4.91. The van der Waals surface area contributed by atoms with Crippen LogP contribution in [0.15, 0.2) is 78.5 Å². The first-order chi connectivity index (χ1) is 14.0. The van der Waals surface area contributed by atoms with Crippen LogP contribution >= 0.6 is 11.6 Å². The van der Waals surface area contributed by atoms with Gasteiger partial charge in [-0.3, -0.25) is 14.5 Å². The molecule has 0 radical (unpaired) electrons. The van der Waals surface area contributed by atoms with Crippen molar-refractivity contribution in [2.75, 3.05) is 4.90 Å². The summed E-state index contributed by atoms with van der Waals surface area (Å²) in [5.41, 5.74) is 2.09. The van der Waals surface area contributed by atoms with Gasteiger partial charge in [-0.05, 0) is 36.8 Å². The summed E-state index contributed by atoms with van der Waals surface area (Å²) >= 11 is 6.17. The molecule has 1 fully saturated rings. The van der Waals surface area contributed by atoms with Gasteiger partial charge in [0.05, 0.1) is 11.6 Å². The number of carbonyl (C=O) groups is 2. The van der Waals surface area contributed by atoms with E-state index in [4.69, 9.17) is 11.6 Å². The molecular weight excluding hydrogens is 388 g/mol. The van der Waals surface area contributed by atoms with E-state index < -0.39 is 17.7 Å². The van der Waals surface area contributed by atoms with E-state index >= 15 is 0 Å². The van der Waals surface area contributed by atoms with Gasteiger partial charge in [0.25, 0.3) is 5.78 Å². The van der Waals surface area contributed by atoms with E-state index in [1.54, 1.807) is 60.8 Å². The lowest BCUT2D eigenvalue weighted by Gasteiger charge is -2.24. The van der Waals surface area contributed by atoms with Gasteiger partial charge in [0.1, 0.15) is 11.6 Å². The topological polar surface area (TPSA) is 70.5 Å². The Morgan fingerprint density at radius 1 is 1.03 bits per heavy atom. The first kappa shape index (κ1) is 18.9. The maximum absolute atomic E-state index is 13.0. The number of halogens is 1. The second-order valence-electron chi connectivity index (χ2n) is 6.78. The fourth-order valence-electron chi connectivity index (χ4n) is 3.42. The van der Waals surface area contributed by atoms with E-state index in [-0.39, 0.29) is 11.3 Å². The molecule has 4 rings (SSSR count). The quantitative estimate of drug-likeness (QED) is 0.391. The minimum Gasteiger partial charge on any atom is -0.507 e. The fraction of sp³-hybridized carbons (Fsp3) is 0.0870. The highest BCUT2D eigenvalue weighted by molar-refractivity contribution is 6.51. The van der Waals surface area contributed by atoms with Crippen LogP contribution in [0.2, 0.25) is 5.02 Å². The number of hydrogen-bond donors (Lipinski definition) is 1. The number of benzene rings is 2. The maximum Gasteiger partial charge on any atom is 0.301 e. The SMILES string of the molecule is Cc1ccc(/C(O)=C2/C(=O)C(=O)N(c3ccccn3)C2c2cccc(Cl)c2)cc1. The molecule has 144 valence electrons. The van der Waals surface area contributed by atoms with Crippen molar-refractivity contribution in [1.82, 2.24) is 4.98 Å². The molecule has 1 aliphatic rings. The molecule has 3 aromatic rings. The summed E-state index contributed by atoms with van der Waals surface area (Å²) in [4.78, 5) is 31.4. The zero-order valence-corrected chi connectivity index (χ0v) is 16.3. The largest absolute Gasteiger partial charge is 0.507 e. The standard InChI is InChI=1S/C23H17ClN2O3/c1-14-8-10-15(11-9-14)21(27)19-20(16-5-4-6-17(24)13-16)26(23(29)22(19)28)18-7-2-3-12-25-18/h2-13,20,27H,1H3/b21-19-. The number of hydrogen-bond acceptors (Lipinski definition) is 4. The summed E-state index contributed by atoms with van der Waals surface area (Å²) in [7, 11) is 0. The highest BCUT2D eigenvalue weighted by Crippen LogP contribution is 2.41. The molecule has 0 saturated carbocycles. The van der Waals surface area contributed by atoms with Crippen LogP contribution in [0.4, 0.5) is 5.82 Å². The lowest BCUT2D eigenvalue weighted by atomic mass is 9.95. The number of aliphatic hydroxyl groups excluding tert-OH is 1. The summed E-state index contributed by atoms with van der Waals surface area (Å²) < 4.78 is 0. The number of amides is 1. The van der Waals surface area contributed by atoms with E-state index in [0.717, 1.165) is 5.56 Å². The van der Waals surface area contributed by atoms with E-state index in [1.807, 2.05) is 19.1 Å². The van der Waals surface area contributed by atoms with E-state index in [9.17, 15) is 14.7 Å². The van der Waals surface area contributed by atoms with Gasteiger partial charge >= 0.3 is 5.91 Å². The van der Waals surface area contributed by atoms with Gasteiger partial charge in [-0.1, -0.05) is 59.6 Å². The first-order valence-corrected chi connectivity index (χ1v) is 9.39. The van der Waals surface area contributed by atoms with E-state index in [1.165, 1.54) is 4.90 Å². The van der Waals surface area contributed by atoms with Gasteiger partial charge in [-0.15, -0.1) is 0 Å². The number of ketones is 1. The second kappa shape index (κ2) is 7.53. The number of rotatable bonds is 3. The van der Waals surface area contributed by atoms with E-state index in [0.29, 0.717) is 22.0 Å². The number of pyridine rings is 1. The summed E-state index contributed by atoms with van der Waals surface area (Å²) in [6, 6.07) is 18.2. The molecule has 6 heteroatoms. The summed E-state index contributed by atoms with van der Waals surface area (Å²) in [6.45, 7) is 1.93. The first-order valence-electron chi connectivity index (χ1n) is 9.02. The van der Waals surface area contributed by atoms with Crippen LogP contribution in [0.3, 0.4) is 0 Å². The molecule has 2 aromatic carbocycles. The third-order valence-corrected chi connectivity index (χ3v) is 5.07. The molecule has 1 saturated heterocycles. The van der Waals surface area contributed by atoms with Crippen LogP contribution in [0.25, 0.3) is 5.76 Å². The van der Waals surface area contributed by atoms with E-state index in [2.05, 4.69) is 4.98 Å². The van der Waals surface area contributed by atoms with Crippen molar-refractivity contribution < 1.29 is 14.7 Å². The van der Waals surface area contributed by atoms with Crippen molar-refractivity contribution in [3.63, 3.8) is 0 Å². The number of anilines is 1. The van der Waals surface area contributed by atoms with Crippen LogP contribution < -0.4 is 4.90 Å². The zero-order chi connectivity index (χ0) is 20.5. The molecule has 0 bridgehead atoms. The zero-order valence-electron chi connectivity index (χ0n) is 15.5. The highest BCUT2D eigenvalue weighted by atomic mass is 35.5. The molecule has 1 unspecified atom stereocenters. The normalized spacial score (nSPS) is 18.3. The number of aromatic nitrogens is 1.